The fourth-order valence-electron chi connectivity index (χ4n) is 14.3. The minimum absolute atomic E-state index is 0.417. The van der Waals surface area contributed by atoms with Gasteiger partial charge in [-0.3, -0.25) is 4.57 Å². The lowest BCUT2D eigenvalue weighted by Crippen LogP contribution is -2.03. The van der Waals surface area contributed by atoms with Crippen molar-refractivity contribution in [2.75, 3.05) is 0 Å². The van der Waals surface area contributed by atoms with Crippen molar-refractivity contribution in [1.29, 1.82) is 0 Å². The molecule has 0 atom stereocenters. The molecule has 0 bridgehead atoms. The maximum absolute atomic E-state index is 6.96. The second-order valence-electron chi connectivity index (χ2n) is 24.1. The van der Waals surface area contributed by atoms with Crippen LogP contribution in [0.2, 0.25) is 15.2 Å². The summed E-state index contributed by atoms with van der Waals surface area (Å²) in [6.45, 7) is 0. The van der Waals surface area contributed by atoms with E-state index in [1.165, 1.54) is 65.6 Å². The molecule has 14 aromatic carbocycles. The van der Waals surface area contributed by atoms with Crippen LogP contribution in [0.3, 0.4) is 0 Å². The van der Waals surface area contributed by atoms with Crippen molar-refractivity contribution in [2.45, 2.75) is 6.42 Å². The molecule has 1 aliphatic rings. The molecular formula is C85H52Cl3N7. The molecule has 0 unspecified atom stereocenters. The lowest BCUT2D eigenvalue weighted by atomic mass is 10.0. The molecule has 0 saturated heterocycles. The first-order chi connectivity index (χ1) is 46.8. The molecule has 10 heteroatoms. The zero-order chi connectivity index (χ0) is 63.3. The van der Waals surface area contributed by atoms with E-state index < -0.39 is 0 Å². The highest BCUT2D eigenvalue weighted by Crippen LogP contribution is 2.45. The first kappa shape index (κ1) is 56.3. The zero-order valence-corrected chi connectivity index (χ0v) is 53.1. The summed E-state index contributed by atoms with van der Waals surface area (Å²) in [5.74, 6) is 0.771. The number of halogens is 3. The van der Waals surface area contributed by atoms with Gasteiger partial charge in [0.05, 0.1) is 60.2 Å². The largest absolute Gasteiger partial charge is 0.309 e. The van der Waals surface area contributed by atoms with Crippen LogP contribution in [0.1, 0.15) is 11.1 Å². The molecule has 7 nitrogen and oxygen atoms in total. The average molecular weight is 1280 g/mol. The van der Waals surface area contributed by atoms with Gasteiger partial charge < -0.3 is 9.13 Å². The molecule has 0 N–H and O–H groups in total. The van der Waals surface area contributed by atoms with Gasteiger partial charge >= 0.3 is 0 Å². The summed E-state index contributed by atoms with van der Waals surface area (Å²) >= 11 is 19.8. The predicted molar refractivity (Wildman–Crippen MR) is 398 cm³/mol. The van der Waals surface area contributed by atoms with Crippen LogP contribution < -0.4 is 0 Å². The first-order valence-electron chi connectivity index (χ1n) is 31.6. The molecular weight excluding hydrogens is 1230 g/mol. The summed E-state index contributed by atoms with van der Waals surface area (Å²) in [4.78, 5) is 20.0. The van der Waals surface area contributed by atoms with Crippen LogP contribution in [0.15, 0.2) is 303 Å². The van der Waals surface area contributed by atoms with Crippen molar-refractivity contribution >= 4 is 144 Å². The molecule has 5 heterocycles. The Labute approximate surface area is 560 Å². The van der Waals surface area contributed by atoms with Gasteiger partial charge in [-0.1, -0.05) is 217 Å². The third-order valence-corrected chi connectivity index (χ3v) is 19.4. The summed E-state index contributed by atoms with van der Waals surface area (Å²) in [6.07, 6.45) is 0.996. The van der Waals surface area contributed by atoms with Crippen molar-refractivity contribution < 1.29 is 0 Å². The third-order valence-electron chi connectivity index (χ3n) is 18.5. The van der Waals surface area contributed by atoms with E-state index in [1.807, 2.05) is 78.9 Å². The molecule has 5 aromatic heterocycles. The molecule has 0 spiro atoms. The van der Waals surface area contributed by atoms with Gasteiger partial charge in [0.15, 0.2) is 11.0 Å². The molecule has 19 aromatic rings. The number of hydrogen-bond acceptors (Lipinski definition) is 4. The van der Waals surface area contributed by atoms with Crippen LogP contribution in [0, 0.1) is 0 Å². The second kappa shape index (κ2) is 23.0. The Bertz CT molecular complexity index is 6310. The van der Waals surface area contributed by atoms with Gasteiger partial charge in [-0.2, -0.15) is 0 Å². The van der Waals surface area contributed by atoms with E-state index in [2.05, 4.69) is 243 Å². The van der Waals surface area contributed by atoms with E-state index >= 15 is 0 Å². The Kier molecular flexibility index (Phi) is 13.6. The topological polar surface area (TPSA) is 66.3 Å². The van der Waals surface area contributed by atoms with Crippen LogP contribution in [0.4, 0.5) is 0 Å². The van der Waals surface area contributed by atoms with Crippen molar-refractivity contribution in [1.82, 2.24) is 33.6 Å². The van der Waals surface area contributed by atoms with Crippen LogP contribution in [0.5, 0.6) is 0 Å². The minimum Gasteiger partial charge on any atom is -0.309 e. The summed E-state index contributed by atoms with van der Waals surface area (Å²) in [5, 5.41) is 13.7. The fourth-order valence-corrected chi connectivity index (χ4v) is 15.1. The van der Waals surface area contributed by atoms with Gasteiger partial charge in [-0.25, -0.2) is 19.9 Å². The number of hydrogen-bond donors (Lipinski definition) is 0. The van der Waals surface area contributed by atoms with Gasteiger partial charge in [0.1, 0.15) is 11.4 Å². The van der Waals surface area contributed by atoms with E-state index in [9.17, 15) is 0 Å². The van der Waals surface area contributed by atoms with Gasteiger partial charge in [0.2, 0.25) is 0 Å². The lowest BCUT2D eigenvalue weighted by Gasteiger charge is -2.14. The molecule has 0 aliphatic heterocycles. The Morgan fingerprint density at radius 1 is 0.284 bits per heavy atom. The fraction of sp³-hybridized carbons (Fsp3) is 0.0118. The summed E-state index contributed by atoms with van der Waals surface area (Å²) in [5.41, 5.74) is 21.0. The molecule has 0 saturated carbocycles. The highest BCUT2D eigenvalue weighted by Gasteiger charge is 2.25. The average Bonchev–Trinajstić information content (AvgIpc) is 1.59. The van der Waals surface area contributed by atoms with Gasteiger partial charge in [0, 0.05) is 65.4 Å². The van der Waals surface area contributed by atoms with Gasteiger partial charge in [0.25, 0.3) is 0 Å². The second-order valence-corrected chi connectivity index (χ2v) is 25.2. The Morgan fingerprint density at radius 3 is 1.37 bits per heavy atom. The van der Waals surface area contributed by atoms with Gasteiger partial charge in [-0.15, -0.1) is 0 Å². The quantitative estimate of drug-likeness (QED) is 0.172. The monoisotopic (exact) mass is 1280 g/mol. The van der Waals surface area contributed by atoms with E-state index in [-0.39, 0.29) is 0 Å². The number of fused-ring (bicyclic) bond motifs is 16. The summed E-state index contributed by atoms with van der Waals surface area (Å²) < 4.78 is 6.87. The predicted octanol–water partition coefficient (Wildman–Crippen LogP) is 23.4. The van der Waals surface area contributed by atoms with Crippen LogP contribution in [0.25, 0.3) is 160 Å². The number of para-hydroxylation sites is 8. The first-order valence-corrected chi connectivity index (χ1v) is 32.8. The Balaban J connectivity index is 0.000000117. The van der Waals surface area contributed by atoms with Crippen molar-refractivity contribution in [3.8, 4) is 50.8 Å². The highest BCUT2D eigenvalue weighted by atomic mass is 35.5. The molecule has 20 rings (SSSR count). The number of rotatable bonds is 5. The van der Waals surface area contributed by atoms with Gasteiger partial charge in [-0.05, 0) is 166 Å². The molecule has 0 fully saturated rings. The lowest BCUT2D eigenvalue weighted by molar-refractivity contribution is 1.08. The maximum atomic E-state index is 6.96. The number of nitrogens with zero attached hydrogens (tertiary/aromatic N) is 7. The smallest absolute Gasteiger partial charge is 0.165 e. The van der Waals surface area contributed by atoms with Crippen molar-refractivity contribution in [3.05, 3.63) is 330 Å². The Hall–Kier alpha value is -11.5. The third kappa shape index (κ3) is 9.57. The van der Waals surface area contributed by atoms with E-state index in [0.29, 0.717) is 15.9 Å². The summed E-state index contributed by atoms with van der Waals surface area (Å²) in [6, 6.07) is 105. The van der Waals surface area contributed by atoms with E-state index in [1.54, 1.807) is 0 Å². The normalized spacial score (nSPS) is 11.9. The molecule has 0 amide bonds. The number of aromatic nitrogens is 7. The highest BCUT2D eigenvalue weighted by molar-refractivity contribution is 6.38. The molecule has 448 valence electrons. The summed E-state index contributed by atoms with van der Waals surface area (Å²) in [7, 11) is 0. The number of benzene rings is 14. The molecule has 95 heavy (non-hydrogen) atoms. The van der Waals surface area contributed by atoms with Crippen molar-refractivity contribution in [3.63, 3.8) is 0 Å². The van der Waals surface area contributed by atoms with Crippen molar-refractivity contribution in [2.24, 2.45) is 0 Å². The SMILES string of the molecule is Clc1cccc2c1-c1cc3ccccc3cc1C2.Clc1cccc2c1c1cc3ccccc3cc1n2-c1nc2ccccc2nc1-c1ccc2c(c1)c1ccccc1n2-c1ccccc1.Clc1nc2ccccc2nc1-c1ccc2c(c1)c1ccccc1n2-c1ccccc1. The van der Waals surface area contributed by atoms with E-state index in [4.69, 9.17) is 49.8 Å². The maximum Gasteiger partial charge on any atom is 0.165 e. The molecule has 1 aliphatic carbocycles. The van der Waals surface area contributed by atoms with E-state index in [0.717, 1.165) is 111 Å². The molecule has 0 radical (unpaired) electrons. The van der Waals surface area contributed by atoms with Crippen LogP contribution in [-0.4, -0.2) is 33.6 Å². The minimum atomic E-state index is 0.417. The standard InChI is InChI=1S/C42H25ClN4.C26H16ClN3.C17H11Cl/c43-33-16-10-20-38-40(33)32-23-26-11-4-5-12-27(26)25-39(32)47(38)42-41(44-34-17-7-8-18-35(34)45-42)28-21-22-37-31(24-28)30-15-6-9-19-36(30)46(37)29-13-2-1-3-14-29;27-26-25(28-21-11-5-6-12-22(21)29-26)17-14-15-24-20(16-17)19-10-4-7-13-23(19)30(24)18-8-2-1-3-9-18;18-16-7-3-6-13-9-14-8-11-4-1-2-5-12(11)10-15(14)17(13)16/h1-25H;1-16H;1-8,10H,9H2. The zero-order valence-electron chi connectivity index (χ0n) is 50.8. The van der Waals surface area contributed by atoms with Crippen LogP contribution >= 0.6 is 34.8 Å². The Morgan fingerprint density at radius 2 is 0.747 bits per heavy atom. The van der Waals surface area contributed by atoms with Crippen LogP contribution in [-0.2, 0) is 6.42 Å².